The largest absolute Gasteiger partial charge is 0.304 e. The summed E-state index contributed by atoms with van der Waals surface area (Å²) in [5, 5.41) is 1.46. The van der Waals surface area contributed by atoms with Gasteiger partial charge in [0.2, 0.25) is 0 Å². The van der Waals surface area contributed by atoms with Crippen LogP contribution in [-0.4, -0.2) is 17.5 Å². The zero-order valence-corrected chi connectivity index (χ0v) is 10.1. The summed E-state index contributed by atoms with van der Waals surface area (Å²) in [6.07, 6.45) is 5.89. The average Bonchev–Trinajstić information content (AvgIpc) is 2.67. The Morgan fingerprint density at radius 2 is 2.29 bits per heavy atom. The molecule has 2 nitrogen and oxygen atoms in total. The van der Waals surface area contributed by atoms with Gasteiger partial charge in [-0.25, -0.2) is 0 Å². The molecule has 86 valence electrons. The van der Waals surface area contributed by atoms with Gasteiger partial charge in [0, 0.05) is 23.5 Å². The second-order valence-electron chi connectivity index (χ2n) is 5.32. The predicted molar refractivity (Wildman–Crippen MR) is 71.1 cm³/mol. The molecule has 0 spiro atoms. The van der Waals surface area contributed by atoms with Crippen LogP contribution in [0.5, 0.6) is 0 Å². The first-order chi connectivity index (χ1) is 8.34. The summed E-state index contributed by atoms with van der Waals surface area (Å²) in [5.41, 5.74) is 5.84. The molecular weight excluding hydrogens is 208 g/mol. The van der Waals surface area contributed by atoms with Crippen molar-refractivity contribution in [3.63, 3.8) is 0 Å². The molecule has 1 atom stereocenters. The Kier molecular flexibility index (Phi) is 1.79. The van der Waals surface area contributed by atoms with E-state index < -0.39 is 0 Å². The summed E-state index contributed by atoms with van der Waals surface area (Å²) >= 11 is 0. The lowest BCUT2D eigenvalue weighted by Crippen LogP contribution is -2.20. The van der Waals surface area contributed by atoms with Gasteiger partial charge in [-0.2, -0.15) is 0 Å². The van der Waals surface area contributed by atoms with Gasteiger partial charge in [0.05, 0.1) is 11.9 Å². The van der Waals surface area contributed by atoms with Crippen molar-refractivity contribution < 1.29 is 0 Å². The summed E-state index contributed by atoms with van der Waals surface area (Å²) in [6, 6.07) is 6.79. The van der Waals surface area contributed by atoms with Crippen LogP contribution in [0.15, 0.2) is 23.2 Å². The van der Waals surface area contributed by atoms with Crippen molar-refractivity contribution in [2.75, 3.05) is 6.54 Å². The first kappa shape index (κ1) is 9.46. The maximum absolute atomic E-state index is 4.53. The number of aryl methyl sites for hydroxylation is 2. The summed E-state index contributed by atoms with van der Waals surface area (Å²) in [4.78, 5) is 4.53. The molecule has 0 amide bonds. The fraction of sp³-hybridized carbons (Fsp3) is 0.400. The lowest BCUT2D eigenvalue weighted by molar-refractivity contribution is 0.538. The van der Waals surface area contributed by atoms with E-state index in [9.17, 15) is 0 Å². The highest BCUT2D eigenvalue weighted by atomic mass is 15.1. The normalized spacial score (nSPS) is 21.8. The second kappa shape index (κ2) is 3.22. The Hall–Kier alpha value is -1.57. The molecule has 4 rings (SSSR count). The molecule has 0 fully saturated rings. The highest BCUT2D eigenvalue weighted by Gasteiger charge is 2.28. The first-order valence-corrected chi connectivity index (χ1v) is 6.48. The lowest BCUT2D eigenvalue weighted by atomic mass is 9.86. The van der Waals surface area contributed by atoms with Crippen molar-refractivity contribution in [3.8, 4) is 0 Å². The van der Waals surface area contributed by atoms with Crippen molar-refractivity contribution >= 4 is 17.2 Å². The fourth-order valence-electron chi connectivity index (χ4n) is 3.44. The summed E-state index contributed by atoms with van der Waals surface area (Å²) in [6.45, 7) is 3.17. The Labute approximate surface area is 101 Å². The van der Waals surface area contributed by atoms with E-state index in [0.717, 1.165) is 6.54 Å². The van der Waals surface area contributed by atoms with Gasteiger partial charge in [-0.3, -0.25) is 4.99 Å². The van der Waals surface area contributed by atoms with E-state index in [1.165, 1.54) is 35.7 Å². The van der Waals surface area contributed by atoms with Crippen molar-refractivity contribution in [2.45, 2.75) is 32.1 Å². The van der Waals surface area contributed by atoms with E-state index in [4.69, 9.17) is 0 Å². The zero-order valence-electron chi connectivity index (χ0n) is 10.1. The van der Waals surface area contributed by atoms with Crippen molar-refractivity contribution in [1.29, 1.82) is 0 Å². The van der Waals surface area contributed by atoms with Crippen molar-refractivity contribution in [3.05, 3.63) is 35.0 Å². The first-order valence-electron chi connectivity index (χ1n) is 6.48. The van der Waals surface area contributed by atoms with Gasteiger partial charge >= 0.3 is 0 Å². The van der Waals surface area contributed by atoms with Crippen LogP contribution < -0.4 is 0 Å². The number of nitrogens with zero attached hydrogens (tertiary/aromatic N) is 2. The molecule has 2 heteroatoms. The number of hydrogen-bond donors (Lipinski definition) is 0. The van der Waals surface area contributed by atoms with E-state index in [-0.39, 0.29) is 0 Å². The van der Waals surface area contributed by atoms with E-state index in [2.05, 4.69) is 34.7 Å². The highest BCUT2D eigenvalue weighted by molar-refractivity contribution is 5.92. The Balaban J connectivity index is 2.15. The van der Waals surface area contributed by atoms with Gasteiger partial charge < -0.3 is 4.57 Å². The monoisotopic (exact) mass is 224 g/mol. The van der Waals surface area contributed by atoms with Crippen LogP contribution in [0.2, 0.25) is 0 Å². The standard InChI is InChI=1S/C15H16N2/c1-10-5-6-14-13(7-10)12-4-2-3-11-8-16-9-17(14)15(11)12/h5-7,9,11H,2-4,8H2,1H3/t11-/m1/s1. The number of rotatable bonds is 0. The van der Waals surface area contributed by atoms with E-state index in [1.807, 2.05) is 6.34 Å². The maximum atomic E-state index is 4.53. The predicted octanol–water partition coefficient (Wildman–Crippen LogP) is 3.26. The minimum Gasteiger partial charge on any atom is -0.304 e. The van der Waals surface area contributed by atoms with Crippen LogP contribution in [-0.2, 0) is 6.42 Å². The molecule has 2 aromatic rings. The summed E-state index contributed by atoms with van der Waals surface area (Å²) in [5.74, 6) is 0.663. The number of hydrogen-bond acceptors (Lipinski definition) is 1. The Morgan fingerprint density at radius 3 is 3.24 bits per heavy atom. The van der Waals surface area contributed by atoms with Gasteiger partial charge in [-0.15, -0.1) is 0 Å². The van der Waals surface area contributed by atoms with Crippen LogP contribution >= 0.6 is 0 Å². The van der Waals surface area contributed by atoms with Gasteiger partial charge in [0.1, 0.15) is 0 Å². The molecule has 1 aliphatic carbocycles. The van der Waals surface area contributed by atoms with Crippen molar-refractivity contribution in [1.82, 2.24) is 4.57 Å². The summed E-state index contributed by atoms with van der Waals surface area (Å²) in [7, 11) is 0. The molecular formula is C15H16N2. The van der Waals surface area contributed by atoms with E-state index in [1.54, 1.807) is 11.3 Å². The molecule has 0 N–H and O–H groups in total. The molecule has 0 saturated heterocycles. The second-order valence-corrected chi connectivity index (χ2v) is 5.32. The molecule has 2 aliphatic rings. The molecule has 1 aromatic heterocycles. The third-order valence-electron chi connectivity index (χ3n) is 4.19. The average molecular weight is 224 g/mol. The number of benzene rings is 1. The van der Waals surface area contributed by atoms with Gasteiger partial charge in [0.25, 0.3) is 0 Å². The maximum Gasteiger partial charge on any atom is 0.0938 e. The van der Waals surface area contributed by atoms with Crippen LogP contribution in [0.1, 0.15) is 35.6 Å². The zero-order chi connectivity index (χ0) is 11.4. The quantitative estimate of drug-likeness (QED) is 0.653. The molecule has 0 radical (unpaired) electrons. The number of aromatic nitrogens is 1. The number of fused-ring (bicyclic) bond motifs is 3. The Morgan fingerprint density at radius 1 is 1.35 bits per heavy atom. The molecule has 0 bridgehead atoms. The number of aliphatic imine (C=N–C) groups is 1. The van der Waals surface area contributed by atoms with Gasteiger partial charge in [0.15, 0.2) is 0 Å². The van der Waals surface area contributed by atoms with E-state index >= 15 is 0 Å². The van der Waals surface area contributed by atoms with Crippen LogP contribution in [0.25, 0.3) is 10.9 Å². The van der Waals surface area contributed by atoms with Gasteiger partial charge in [-0.1, -0.05) is 11.6 Å². The molecule has 0 unspecified atom stereocenters. The van der Waals surface area contributed by atoms with E-state index in [0.29, 0.717) is 5.92 Å². The third-order valence-corrected chi connectivity index (χ3v) is 4.19. The molecule has 17 heavy (non-hydrogen) atoms. The smallest absolute Gasteiger partial charge is 0.0938 e. The molecule has 1 aromatic carbocycles. The molecule has 2 heterocycles. The van der Waals surface area contributed by atoms with Gasteiger partial charge in [-0.05, 0) is 43.9 Å². The minimum absolute atomic E-state index is 0.663. The van der Waals surface area contributed by atoms with Crippen molar-refractivity contribution in [2.24, 2.45) is 4.99 Å². The Bertz CT molecular complexity index is 634. The van der Waals surface area contributed by atoms with Crippen LogP contribution in [0.3, 0.4) is 0 Å². The molecule has 0 saturated carbocycles. The SMILES string of the molecule is Cc1ccc2c(c1)c1c3n2C=NC[C@H]3CCC1. The highest BCUT2D eigenvalue weighted by Crippen LogP contribution is 2.39. The summed E-state index contributed by atoms with van der Waals surface area (Å²) < 4.78 is 2.33. The van der Waals surface area contributed by atoms with Crippen LogP contribution in [0, 0.1) is 6.92 Å². The third kappa shape index (κ3) is 1.18. The van der Waals surface area contributed by atoms with Crippen LogP contribution in [0.4, 0.5) is 0 Å². The minimum atomic E-state index is 0.663. The lowest BCUT2D eigenvalue weighted by Gasteiger charge is -2.25. The molecule has 1 aliphatic heterocycles. The fourth-order valence-corrected chi connectivity index (χ4v) is 3.44. The topological polar surface area (TPSA) is 17.3 Å².